The van der Waals surface area contributed by atoms with Crippen molar-refractivity contribution in [1.82, 2.24) is 5.32 Å². The van der Waals surface area contributed by atoms with Gasteiger partial charge in [-0.3, -0.25) is 9.59 Å². The van der Waals surface area contributed by atoms with Crippen LogP contribution in [0.25, 0.3) is 0 Å². The fourth-order valence-corrected chi connectivity index (χ4v) is 2.09. The molecule has 0 fully saturated rings. The van der Waals surface area contributed by atoms with Gasteiger partial charge in [-0.2, -0.15) is 0 Å². The smallest absolute Gasteiger partial charge is 0.330 e. The van der Waals surface area contributed by atoms with Crippen molar-refractivity contribution in [3.63, 3.8) is 0 Å². The minimum absolute atomic E-state index is 0.148. The minimum Gasteiger partial charge on any atom is -0.467 e. The van der Waals surface area contributed by atoms with Gasteiger partial charge < -0.3 is 15.2 Å². The highest BCUT2D eigenvalue weighted by atomic mass is 16.5. The first-order chi connectivity index (χ1) is 11.6. The van der Waals surface area contributed by atoms with Crippen LogP contribution in [0.1, 0.15) is 26.3 Å². The monoisotopic (exact) mass is 327 g/mol. The Labute approximate surface area is 139 Å². The molecule has 0 saturated heterocycles. The molecule has 0 aliphatic rings. The lowest BCUT2D eigenvalue weighted by Crippen LogP contribution is -2.44. The molecule has 2 aromatic rings. The molecule has 0 bridgehead atoms. The number of aliphatic hydroxyl groups is 1. The summed E-state index contributed by atoms with van der Waals surface area (Å²) >= 11 is 0. The van der Waals surface area contributed by atoms with Crippen LogP contribution >= 0.6 is 0 Å². The maximum atomic E-state index is 12.3. The van der Waals surface area contributed by atoms with Gasteiger partial charge in [0.25, 0.3) is 5.91 Å². The number of ketones is 1. The summed E-state index contributed by atoms with van der Waals surface area (Å²) in [6, 6.07) is 13.7. The fourth-order valence-electron chi connectivity index (χ4n) is 2.09. The molecule has 0 heterocycles. The number of amides is 1. The van der Waals surface area contributed by atoms with Gasteiger partial charge >= 0.3 is 5.97 Å². The van der Waals surface area contributed by atoms with Gasteiger partial charge in [-0.15, -0.1) is 0 Å². The molecule has 0 aliphatic carbocycles. The maximum Gasteiger partial charge on any atom is 0.330 e. The number of rotatable bonds is 6. The van der Waals surface area contributed by atoms with Crippen LogP contribution < -0.4 is 5.32 Å². The van der Waals surface area contributed by atoms with E-state index >= 15 is 0 Å². The number of methoxy groups -OCH3 is 1. The molecule has 6 nitrogen and oxygen atoms in total. The highest BCUT2D eigenvalue weighted by Gasteiger charge is 2.21. The Balaban J connectivity index is 2.10. The highest BCUT2D eigenvalue weighted by Crippen LogP contribution is 2.11. The zero-order chi connectivity index (χ0) is 17.5. The number of hydrogen-bond donors (Lipinski definition) is 2. The molecule has 0 radical (unpaired) electrons. The molecule has 2 rings (SSSR count). The Bertz CT molecular complexity index is 725. The van der Waals surface area contributed by atoms with Crippen LogP contribution in [-0.4, -0.2) is 42.5 Å². The number of hydrogen-bond acceptors (Lipinski definition) is 5. The molecular formula is C18H17NO5. The Morgan fingerprint density at radius 3 is 2.04 bits per heavy atom. The van der Waals surface area contributed by atoms with E-state index < -0.39 is 24.5 Å². The lowest BCUT2D eigenvalue weighted by molar-refractivity contribution is -0.143. The third kappa shape index (κ3) is 4.05. The van der Waals surface area contributed by atoms with Gasteiger partial charge in [0.2, 0.25) is 0 Å². The quantitative estimate of drug-likeness (QED) is 0.614. The summed E-state index contributed by atoms with van der Waals surface area (Å²) in [7, 11) is 1.17. The molecule has 0 aromatic heterocycles. The molecular weight excluding hydrogens is 310 g/mol. The van der Waals surface area contributed by atoms with Crippen molar-refractivity contribution in [2.24, 2.45) is 0 Å². The van der Waals surface area contributed by atoms with Crippen LogP contribution in [0.15, 0.2) is 54.6 Å². The van der Waals surface area contributed by atoms with Crippen molar-refractivity contribution < 1.29 is 24.2 Å². The molecule has 2 N–H and O–H groups in total. The van der Waals surface area contributed by atoms with Gasteiger partial charge in [-0.1, -0.05) is 42.5 Å². The van der Waals surface area contributed by atoms with Crippen molar-refractivity contribution in [1.29, 1.82) is 0 Å². The topological polar surface area (TPSA) is 92.7 Å². The predicted octanol–water partition coefficient (Wildman–Crippen LogP) is 1.18. The molecule has 124 valence electrons. The van der Waals surface area contributed by atoms with Crippen molar-refractivity contribution in [3.05, 3.63) is 71.3 Å². The number of carbonyl (C=O) groups excluding carboxylic acids is 3. The van der Waals surface area contributed by atoms with Crippen LogP contribution in [-0.2, 0) is 9.53 Å². The van der Waals surface area contributed by atoms with E-state index in [9.17, 15) is 14.4 Å². The number of ether oxygens (including phenoxy) is 1. The van der Waals surface area contributed by atoms with E-state index in [1.54, 1.807) is 24.3 Å². The Morgan fingerprint density at radius 1 is 0.958 bits per heavy atom. The Hall–Kier alpha value is -2.99. The molecule has 0 aliphatic heterocycles. The van der Waals surface area contributed by atoms with Crippen molar-refractivity contribution in [2.75, 3.05) is 13.7 Å². The lowest BCUT2D eigenvalue weighted by Gasteiger charge is -2.13. The van der Waals surface area contributed by atoms with E-state index in [0.29, 0.717) is 11.1 Å². The van der Waals surface area contributed by atoms with E-state index in [1.807, 2.05) is 6.07 Å². The SMILES string of the molecule is COC(=O)[C@H](CO)NC(=O)c1ccc(C(=O)c2ccccc2)cc1. The van der Waals surface area contributed by atoms with Crippen molar-refractivity contribution in [2.45, 2.75) is 6.04 Å². The number of nitrogens with one attached hydrogen (secondary N) is 1. The van der Waals surface area contributed by atoms with Crippen LogP contribution in [0.3, 0.4) is 0 Å². The molecule has 2 aromatic carbocycles. The second kappa shape index (κ2) is 8.03. The maximum absolute atomic E-state index is 12.3. The number of aliphatic hydroxyl groups excluding tert-OH is 1. The molecule has 6 heteroatoms. The summed E-state index contributed by atoms with van der Waals surface area (Å²) < 4.78 is 4.48. The van der Waals surface area contributed by atoms with Gasteiger partial charge in [0.05, 0.1) is 13.7 Å². The van der Waals surface area contributed by atoms with E-state index in [-0.39, 0.29) is 11.3 Å². The van der Waals surface area contributed by atoms with Gasteiger partial charge in [-0.05, 0) is 12.1 Å². The number of carbonyl (C=O) groups is 3. The van der Waals surface area contributed by atoms with Gasteiger partial charge in [0.1, 0.15) is 0 Å². The Morgan fingerprint density at radius 2 is 1.50 bits per heavy atom. The van der Waals surface area contributed by atoms with Gasteiger partial charge in [0, 0.05) is 16.7 Å². The van der Waals surface area contributed by atoms with Crippen LogP contribution in [0.4, 0.5) is 0 Å². The third-order valence-corrected chi connectivity index (χ3v) is 3.42. The molecule has 24 heavy (non-hydrogen) atoms. The molecule has 0 unspecified atom stereocenters. The van der Waals surface area contributed by atoms with E-state index in [0.717, 1.165) is 0 Å². The summed E-state index contributed by atoms with van der Waals surface area (Å²) in [5, 5.41) is 11.5. The molecule has 1 amide bonds. The van der Waals surface area contributed by atoms with Crippen LogP contribution in [0.5, 0.6) is 0 Å². The average Bonchev–Trinajstić information content (AvgIpc) is 2.65. The predicted molar refractivity (Wildman–Crippen MR) is 86.7 cm³/mol. The second-order valence-corrected chi connectivity index (χ2v) is 5.00. The van der Waals surface area contributed by atoms with Crippen molar-refractivity contribution >= 4 is 17.7 Å². The summed E-state index contributed by atoms with van der Waals surface area (Å²) in [4.78, 5) is 35.7. The normalized spacial score (nSPS) is 11.4. The fraction of sp³-hybridized carbons (Fsp3) is 0.167. The van der Waals surface area contributed by atoms with Crippen LogP contribution in [0.2, 0.25) is 0 Å². The zero-order valence-corrected chi connectivity index (χ0v) is 13.1. The average molecular weight is 327 g/mol. The first-order valence-electron chi connectivity index (χ1n) is 7.26. The van der Waals surface area contributed by atoms with Crippen LogP contribution in [0, 0.1) is 0 Å². The van der Waals surface area contributed by atoms with E-state index in [4.69, 9.17) is 5.11 Å². The van der Waals surface area contributed by atoms with Gasteiger partial charge in [0.15, 0.2) is 11.8 Å². The van der Waals surface area contributed by atoms with Crippen molar-refractivity contribution in [3.8, 4) is 0 Å². The van der Waals surface area contributed by atoms with Gasteiger partial charge in [-0.25, -0.2) is 4.79 Å². The summed E-state index contributed by atoms with van der Waals surface area (Å²) in [6.07, 6.45) is 0. The molecule has 0 saturated carbocycles. The third-order valence-electron chi connectivity index (χ3n) is 3.42. The first kappa shape index (κ1) is 17.4. The largest absolute Gasteiger partial charge is 0.467 e. The summed E-state index contributed by atoms with van der Waals surface area (Å²) in [5.41, 5.74) is 1.27. The molecule has 1 atom stereocenters. The number of benzene rings is 2. The summed E-state index contributed by atoms with van der Waals surface area (Å²) in [6.45, 7) is -0.566. The second-order valence-electron chi connectivity index (χ2n) is 5.00. The minimum atomic E-state index is -1.13. The number of esters is 1. The zero-order valence-electron chi connectivity index (χ0n) is 13.1. The summed E-state index contributed by atoms with van der Waals surface area (Å²) in [5.74, 6) is -1.43. The lowest BCUT2D eigenvalue weighted by atomic mass is 10.0. The van der Waals surface area contributed by atoms with E-state index in [1.165, 1.54) is 31.4 Å². The van der Waals surface area contributed by atoms with E-state index in [2.05, 4.69) is 10.1 Å². The molecule has 0 spiro atoms. The highest BCUT2D eigenvalue weighted by molar-refractivity contribution is 6.09. The Kier molecular flexibility index (Phi) is 5.81. The standard InChI is InChI=1S/C18H17NO5/c1-24-18(23)15(11-20)19-17(22)14-9-7-13(8-10-14)16(21)12-5-3-2-4-6-12/h2-10,15,20H,11H2,1H3,(H,19,22)/t15-/m0/s1. The first-order valence-corrected chi connectivity index (χ1v) is 7.26.